The van der Waals surface area contributed by atoms with Gasteiger partial charge in [0.2, 0.25) is 5.91 Å². The number of rotatable bonds is 5. The molecule has 1 heterocycles. The third-order valence-corrected chi connectivity index (χ3v) is 4.47. The molecule has 1 amide bonds. The lowest BCUT2D eigenvalue weighted by Crippen LogP contribution is -2.10. The normalized spacial score (nSPS) is 14.4. The lowest BCUT2D eigenvalue weighted by molar-refractivity contribution is -0.114. The molecule has 1 aliphatic rings. The third-order valence-electron chi connectivity index (χ3n) is 4.47. The summed E-state index contributed by atoms with van der Waals surface area (Å²) >= 11 is 0. The molecule has 1 aliphatic heterocycles. The average Bonchev–Trinajstić information content (AvgIpc) is 2.84. The number of hydrogen-bond acceptors (Lipinski definition) is 4. The largest absolute Gasteiger partial charge is 0.497 e. The van der Waals surface area contributed by atoms with Crippen LogP contribution in [0, 0.1) is 0 Å². The van der Waals surface area contributed by atoms with E-state index in [4.69, 9.17) is 9.73 Å². The van der Waals surface area contributed by atoms with Crippen molar-refractivity contribution < 1.29 is 14.3 Å². The highest BCUT2D eigenvalue weighted by Gasteiger charge is 2.32. The van der Waals surface area contributed by atoms with Gasteiger partial charge in [0.05, 0.1) is 24.8 Å². The lowest BCUT2D eigenvalue weighted by Gasteiger charge is -2.16. The number of hydrogen-bond donors (Lipinski definition) is 1. The quantitative estimate of drug-likeness (QED) is 0.830. The van der Waals surface area contributed by atoms with Crippen molar-refractivity contribution >= 4 is 23.1 Å². The van der Waals surface area contributed by atoms with Crippen LogP contribution in [0.2, 0.25) is 0 Å². The van der Waals surface area contributed by atoms with Crippen LogP contribution in [-0.4, -0.2) is 24.5 Å². The first-order valence-corrected chi connectivity index (χ1v) is 8.48. The minimum atomic E-state index is -0.355. The first-order valence-electron chi connectivity index (χ1n) is 8.48. The molecule has 0 radical (unpaired) electrons. The van der Waals surface area contributed by atoms with Gasteiger partial charge in [0, 0.05) is 23.7 Å². The molecule has 0 aliphatic carbocycles. The molecular weight excluding hydrogens is 328 g/mol. The molecule has 0 atom stereocenters. The second-order valence-corrected chi connectivity index (χ2v) is 6.89. The van der Waals surface area contributed by atoms with Crippen LogP contribution in [0.3, 0.4) is 0 Å². The zero-order chi connectivity index (χ0) is 18.9. The predicted octanol–water partition coefficient (Wildman–Crippen LogP) is 3.96. The van der Waals surface area contributed by atoms with Gasteiger partial charge in [-0.15, -0.1) is 0 Å². The van der Waals surface area contributed by atoms with Crippen molar-refractivity contribution in [2.75, 3.05) is 12.4 Å². The van der Waals surface area contributed by atoms with Gasteiger partial charge >= 0.3 is 0 Å². The van der Waals surface area contributed by atoms with Gasteiger partial charge in [-0.1, -0.05) is 6.07 Å². The van der Waals surface area contributed by atoms with Crippen LogP contribution in [0.4, 0.5) is 5.69 Å². The molecule has 1 N–H and O–H groups in total. The molecule has 5 nitrogen and oxygen atoms in total. The fourth-order valence-electron chi connectivity index (χ4n) is 3.21. The molecule has 2 aromatic carbocycles. The van der Waals surface area contributed by atoms with Crippen molar-refractivity contribution in [3.05, 3.63) is 59.2 Å². The lowest BCUT2D eigenvalue weighted by atomic mass is 9.91. The number of amides is 1. The zero-order valence-electron chi connectivity index (χ0n) is 15.4. The van der Waals surface area contributed by atoms with E-state index in [-0.39, 0.29) is 23.7 Å². The smallest absolute Gasteiger partial charge is 0.221 e. The zero-order valence-corrected chi connectivity index (χ0v) is 15.4. The first-order chi connectivity index (χ1) is 12.3. The van der Waals surface area contributed by atoms with E-state index in [1.807, 2.05) is 32.0 Å². The van der Waals surface area contributed by atoms with Gasteiger partial charge in [-0.25, -0.2) is 0 Å². The van der Waals surface area contributed by atoms with Gasteiger partial charge in [0.25, 0.3) is 0 Å². The summed E-state index contributed by atoms with van der Waals surface area (Å²) in [5.74, 6) is 0.600. The second kappa shape index (κ2) is 6.75. The third kappa shape index (κ3) is 3.52. The first kappa shape index (κ1) is 17.9. The number of methoxy groups -OCH3 is 1. The highest BCUT2D eigenvalue weighted by Crippen LogP contribution is 2.37. The van der Waals surface area contributed by atoms with E-state index in [0.717, 1.165) is 22.6 Å². The highest BCUT2D eigenvalue weighted by atomic mass is 16.5. The Morgan fingerprint density at radius 1 is 1.12 bits per heavy atom. The summed E-state index contributed by atoms with van der Waals surface area (Å²) in [5.41, 5.74) is 3.76. The fourth-order valence-corrected chi connectivity index (χ4v) is 3.21. The Bertz CT molecular complexity index is 896. The Morgan fingerprint density at radius 3 is 2.42 bits per heavy atom. The number of ether oxygens (including phenoxy) is 1. The summed E-state index contributed by atoms with van der Waals surface area (Å²) in [6.45, 7) is 5.53. The summed E-state index contributed by atoms with van der Waals surface area (Å²) in [6.07, 6.45) is 0.225. The fraction of sp³-hybridized carbons (Fsp3) is 0.286. The van der Waals surface area contributed by atoms with Crippen LogP contribution in [0.1, 0.15) is 48.7 Å². The summed E-state index contributed by atoms with van der Waals surface area (Å²) in [5, 5.41) is 2.69. The Morgan fingerprint density at radius 2 is 1.81 bits per heavy atom. The van der Waals surface area contributed by atoms with Crippen molar-refractivity contribution in [1.29, 1.82) is 0 Å². The van der Waals surface area contributed by atoms with Gasteiger partial charge in [-0.3, -0.25) is 14.6 Å². The van der Waals surface area contributed by atoms with Gasteiger partial charge in [-0.2, -0.15) is 0 Å². The second-order valence-electron chi connectivity index (χ2n) is 6.89. The van der Waals surface area contributed by atoms with Crippen molar-refractivity contribution in [2.45, 2.75) is 32.7 Å². The number of carbonyl (C=O) groups excluding carboxylic acids is 2. The van der Waals surface area contributed by atoms with Crippen LogP contribution in [0.25, 0.3) is 0 Å². The van der Waals surface area contributed by atoms with Crippen LogP contribution < -0.4 is 10.1 Å². The van der Waals surface area contributed by atoms with Crippen LogP contribution in [0.5, 0.6) is 5.75 Å². The molecule has 0 unspecified atom stereocenters. The summed E-state index contributed by atoms with van der Waals surface area (Å²) in [7, 11) is 1.63. The number of nitrogens with one attached hydrogen (secondary N) is 1. The number of anilines is 1. The van der Waals surface area contributed by atoms with Crippen LogP contribution in [-0.2, 0) is 10.3 Å². The highest BCUT2D eigenvalue weighted by molar-refractivity contribution is 6.17. The number of carbonyl (C=O) groups is 2. The number of nitrogens with zero attached hydrogens (tertiary/aromatic N) is 1. The minimum absolute atomic E-state index is 0.00963. The molecule has 0 spiro atoms. The Labute approximate surface area is 153 Å². The molecule has 2 aromatic rings. The SMILES string of the molecule is COc1ccc2c(c1)C(CC(=O)c1ccc(NC(C)=O)cc1)=NC2(C)C. The summed E-state index contributed by atoms with van der Waals surface area (Å²) in [6, 6.07) is 12.8. The van der Waals surface area contributed by atoms with Crippen molar-refractivity contribution in [2.24, 2.45) is 4.99 Å². The van der Waals surface area contributed by atoms with E-state index in [1.165, 1.54) is 6.92 Å². The van der Waals surface area contributed by atoms with E-state index in [9.17, 15) is 9.59 Å². The molecule has 0 bridgehead atoms. The number of Topliss-reactive ketones (excluding diaryl/α,β-unsaturated/α-hetero) is 1. The van der Waals surface area contributed by atoms with Gasteiger partial charge in [0.1, 0.15) is 5.75 Å². The Hall–Kier alpha value is -2.95. The van der Waals surface area contributed by atoms with E-state index in [1.54, 1.807) is 31.4 Å². The van der Waals surface area contributed by atoms with Crippen molar-refractivity contribution in [3.8, 4) is 5.75 Å². The van der Waals surface area contributed by atoms with E-state index in [2.05, 4.69) is 5.32 Å². The maximum atomic E-state index is 12.7. The molecule has 0 saturated carbocycles. The van der Waals surface area contributed by atoms with Crippen molar-refractivity contribution in [1.82, 2.24) is 0 Å². The number of aliphatic imine (C=N–C) groups is 1. The van der Waals surface area contributed by atoms with E-state index >= 15 is 0 Å². The van der Waals surface area contributed by atoms with Crippen LogP contribution >= 0.6 is 0 Å². The molecule has 5 heteroatoms. The van der Waals surface area contributed by atoms with E-state index < -0.39 is 0 Å². The molecule has 0 fully saturated rings. The average molecular weight is 350 g/mol. The molecule has 3 rings (SSSR count). The standard InChI is InChI=1S/C21H22N2O3/c1-13(24)22-15-7-5-14(6-8-15)20(25)12-19-17-11-16(26-4)9-10-18(17)21(2,3)23-19/h5-11H,12H2,1-4H3,(H,22,24). The van der Waals surface area contributed by atoms with Gasteiger partial charge in [-0.05, 0) is 55.8 Å². The minimum Gasteiger partial charge on any atom is -0.497 e. The molecular formula is C21H22N2O3. The molecule has 0 saturated heterocycles. The molecule has 0 aromatic heterocycles. The van der Waals surface area contributed by atoms with Gasteiger partial charge < -0.3 is 10.1 Å². The topological polar surface area (TPSA) is 67.8 Å². The Kier molecular flexibility index (Phi) is 4.64. The predicted molar refractivity (Wildman–Crippen MR) is 102 cm³/mol. The Balaban J connectivity index is 1.83. The summed E-state index contributed by atoms with van der Waals surface area (Å²) < 4.78 is 5.32. The molecule has 134 valence electrons. The summed E-state index contributed by atoms with van der Waals surface area (Å²) in [4.78, 5) is 28.6. The molecule has 26 heavy (non-hydrogen) atoms. The maximum absolute atomic E-state index is 12.7. The van der Waals surface area contributed by atoms with Crippen molar-refractivity contribution in [3.63, 3.8) is 0 Å². The number of fused-ring (bicyclic) bond motifs is 1. The monoisotopic (exact) mass is 350 g/mol. The maximum Gasteiger partial charge on any atom is 0.221 e. The van der Waals surface area contributed by atoms with E-state index in [0.29, 0.717) is 11.3 Å². The number of benzene rings is 2. The number of ketones is 1. The van der Waals surface area contributed by atoms with Gasteiger partial charge in [0.15, 0.2) is 5.78 Å². The van der Waals surface area contributed by atoms with Crippen LogP contribution in [0.15, 0.2) is 47.5 Å².